The zero-order chi connectivity index (χ0) is 17.7. The van der Waals surface area contributed by atoms with Crippen LogP contribution in [-0.2, 0) is 14.3 Å². The fraction of sp³-hybridized carbons (Fsp3) is 0.250. The van der Waals surface area contributed by atoms with E-state index in [9.17, 15) is 24.3 Å². The van der Waals surface area contributed by atoms with Gasteiger partial charge in [0.05, 0.1) is 11.1 Å². The summed E-state index contributed by atoms with van der Waals surface area (Å²) in [5.41, 5.74) is 1.34. The van der Waals surface area contributed by atoms with Crippen molar-refractivity contribution in [2.24, 2.45) is 0 Å². The Morgan fingerprint density at radius 3 is 2.48 bits per heavy atom. The molecule has 25 heavy (non-hydrogen) atoms. The van der Waals surface area contributed by atoms with Crippen molar-refractivity contribution in [1.29, 1.82) is 0 Å². The topological polar surface area (TPSA) is 113 Å². The molecule has 0 bridgehead atoms. The molecule has 4 rings (SSSR count). The molecule has 3 aliphatic heterocycles. The van der Waals surface area contributed by atoms with Crippen LogP contribution in [0.1, 0.15) is 20.7 Å². The highest BCUT2D eigenvalue weighted by Gasteiger charge is 2.48. The van der Waals surface area contributed by atoms with Crippen LogP contribution >= 0.6 is 11.8 Å². The summed E-state index contributed by atoms with van der Waals surface area (Å²) in [7, 11) is 0. The summed E-state index contributed by atoms with van der Waals surface area (Å²) in [4.78, 5) is 49.5. The van der Waals surface area contributed by atoms with E-state index < -0.39 is 35.2 Å². The molecular weight excluding hydrogens is 348 g/mol. The van der Waals surface area contributed by atoms with Gasteiger partial charge in [-0.2, -0.15) is 0 Å². The number of carbonyl (C=O) groups is 4. The number of fused-ring (bicyclic) bond motifs is 1. The number of benzene rings is 1. The average Bonchev–Trinajstić information content (AvgIpc) is 3.09. The first-order valence-electron chi connectivity index (χ1n) is 7.46. The molecule has 2 amide bonds. The largest absolute Gasteiger partial charge is 0.480 e. The average molecular weight is 360 g/mol. The number of cyclic esters (lactones) is 1. The van der Waals surface area contributed by atoms with Crippen molar-refractivity contribution in [2.45, 2.75) is 11.4 Å². The standard InChI is InChI=1S/C16H12N2O6S/c19-13-8-3-1-2-4-9(8)14(20)18(13)11(15(21)22)12-17-10-7(6-25-12)5-24-16(10)23/h1-4,11-12,17H,5-6H2,(H,21,22). The second kappa shape index (κ2) is 5.62. The van der Waals surface area contributed by atoms with Gasteiger partial charge in [-0.25, -0.2) is 9.59 Å². The summed E-state index contributed by atoms with van der Waals surface area (Å²) in [5.74, 6) is -2.78. The fourth-order valence-electron chi connectivity index (χ4n) is 3.10. The first-order valence-corrected chi connectivity index (χ1v) is 8.51. The number of hydrogen-bond donors (Lipinski definition) is 2. The van der Waals surface area contributed by atoms with E-state index in [0.29, 0.717) is 5.75 Å². The molecule has 3 aliphatic rings. The molecule has 2 N–H and O–H groups in total. The van der Waals surface area contributed by atoms with Crippen LogP contribution < -0.4 is 5.32 Å². The highest BCUT2D eigenvalue weighted by Crippen LogP contribution is 2.33. The van der Waals surface area contributed by atoms with Crippen molar-refractivity contribution in [3.8, 4) is 0 Å². The van der Waals surface area contributed by atoms with Crippen molar-refractivity contribution in [3.05, 3.63) is 46.7 Å². The van der Waals surface area contributed by atoms with Gasteiger partial charge in [0.2, 0.25) is 0 Å². The summed E-state index contributed by atoms with van der Waals surface area (Å²) in [6, 6.07) is 4.76. The lowest BCUT2D eigenvalue weighted by atomic mass is 10.1. The monoisotopic (exact) mass is 360 g/mol. The summed E-state index contributed by atoms with van der Waals surface area (Å²) in [6.07, 6.45) is 0. The van der Waals surface area contributed by atoms with Gasteiger partial charge in [-0.15, -0.1) is 11.8 Å². The van der Waals surface area contributed by atoms with Crippen LogP contribution in [-0.4, -0.2) is 57.5 Å². The van der Waals surface area contributed by atoms with Crippen LogP contribution in [0.4, 0.5) is 0 Å². The van der Waals surface area contributed by atoms with Gasteiger partial charge in [0, 0.05) is 11.3 Å². The van der Waals surface area contributed by atoms with Gasteiger partial charge in [0.1, 0.15) is 17.7 Å². The number of imide groups is 1. The molecule has 0 fully saturated rings. The molecule has 0 saturated carbocycles. The minimum absolute atomic E-state index is 0.172. The zero-order valence-electron chi connectivity index (χ0n) is 12.7. The van der Waals surface area contributed by atoms with E-state index in [4.69, 9.17) is 4.74 Å². The number of aliphatic carboxylic acids is 1. The molecule has 0 aliphatic carbocycles. The van der Waals surface area contributed by atoms with Gasteiger partial charge in [-0.3, -0.25) is 14.5 Å². The Morgan fingerprint density at radius 2 is 1.88 bits per heavy atom. The normalized spacial score (nSPS) is 23.1. The molecule has 0 spiro atoms. The van der Waals surface area contributed by atoms with E-state index in [1.807, 2.05) is 0 Å². The number of carboxylic acid groups (broad SMARTS) is 1. The highest BCUT2D eigenvalue weighted by atomic mass is 32.2. The number of carboxylic acids is 1. The number of thioether (sulfide) groups is 1. The Balaban J connectivity index is 1.68. The van der Waals surface area contributed by atoms with E-state index in [1.165, 1.54) is 23.9 Å². The first kappa shape index (κ1) is 15.7. The number of amides is 2. The van der Waals surface area contributed by atoms with Crippen LogP contribution in [0.2, 0.25) is 0 Å². The van der Waals surface area contributed by atoms with Gasteiger partial charge in [-0.05, 0) is 12.1 Å². The number of esters is 1. The summed E-state index contributed by atoms with van der Waals surface area (Å²) in [5, 5.41) is 11.7. The van der Waals surface area contributed by atoms with Gasteiger partial charge in [0.25, 0.3) is 11.8 Å². The molecule has 0 saturated heterocycles. The van der Waals surface area contributed by atoms with E-state index in [2.05, 4.69) is 5.32 Å². The van der Waals surface area contributed by atoms with Gasteiger partial charge < -0.3 is 15.2 Å². The molecule has 0 radical (unpaired) electrons. The quantitative estimate of drug-likeness (QED) is 0.581. The second-order valence-electron chi connectivity index (χ2n) is 5.74. The minimum atomic E-state index is -1.44. The third-order valence-electron chi connectivity index (χ3n) is 4.30. The number of hydrogen-bond acceptors (Lipinski definition) is 7. The molecule has 1 aromatic rings. The molecule has 3 heterocycles. The van der Waals surface area contributed by atoms with Gasteiger partial charge in [-0.1, -0.05) is 12.1 Å². The first-order chi connectivity index (χ1) is 12.0. The van der Waals surface area contributed by atoms with Crippen LogP contribution in [0, 0.1) is 0 Å². The van der Waals surface area contributed by atoms with E-state index in [0.717, 1.165) is 10.5 Å². The molecular formula is C16H12N2O6S. The number of nitrogens with zero attached hydrogens (tertiary/aromatic N) is 1. The lowest BCUT2D eigenvalue weighted by Gasteiger charge is -2.33. The Bertz CT molecular complexity index is 829. The molecule has 9 heteroatoms. The van der Waals surface area contributed by atoms with Crippen molar-refractivity contribution < 1.29 is 29.0 Å². The number of ether oxygens (including phenoxy) is 1. The van der Waals surface area contributed by atoms with Crippen LogP contribution in [0.3, 0.4) is 0 Å². The van der Waals surface area contributed by atoms with Crippen LogP contribution in [0.5, 0.6) is 0 Å². The van der Waals surface area contributed by atoms with Gasteiger partial charge in [0.15, 0.2) is 6.04 Å². The van der Waals surface area contributed by atoms with Gasteiger partial charge >= 0.3 is 11.9 Å². The van der Waals surface area contributed by atoms with Crippen molar-refractivity contribution in [1.82, 2.24) is 10.2 Å². The predicted molar refractivity (Wildman–Crippen MR) is 85.7 cm³/mol. The third-order valence-corrected chi connectivity index (χ3v) is 5.55. The maximum Gasteiger partial charge on any atom is 0.354 e. The summed E-state index contributed by atoms with van der Waals surface area (Å²) in [6.45, 7) is 0.172. The molecule has 1 aromatic carbocycles. The lowest BCUT2D eigenvalue weighted by molar-refractivity contribution is -0.142. The Hall–Kier alpha value is -2.81. The summed E-state index contributed by atoms with van der Waals surface area (Å²) >= 11 is 1.22. The van der Waals surface area contributed by atoms with Crippen LogP contribution in [0.25, 0.3) is 0 Å². The Labute approximate surface area is 145 Å². The Kier molecular flexibility index (Phi) is 3.53. The summed E-state index contributed by atoms with van der Waals surface area (Å²) < 4.78 is 4.92. The number of nitrogens with one attached hydrogen (secondary N) is 1. The number of carbonyl (C=O) groups excluding carboxylic acids is 3. The third kappa shape index (κ3) is 2.30. The van der Waals surface area contributed by atoms with Crippen LogP contribution in [0.15, 0.2) is 35.5 Å². The number of rotatable bonds is 3. The van der Waals surface area contributed by atoms with E-state index >= 15 is 0 Å². The fourth-order valence-corrected chi connectivity index (χ4v) is 4.33. The second-order valence-corrected chi connectivity index (χ2v) is 6.87. The van der Waals surface area contributed by atoms with E-state index in [-0.39, 0.29) is 23.4 Å². The van der Waals surface area contributed by atoms with Crippen molar-refractivity contribution in [2.75, 3.05) is 12.4 Å². The molecule has 2 atom stereocenters. The van der Waals surface area contributed by atoms with Crippen molar-refractivity contribution in [3.63, 3.8) is 0 Å². The molecule has 128 valence electrons. The lowest BCUT2D eigenvalue weighted by Crippen LogP contribution is -2.56. The minimum Gasteiger partial charge on any atom is -0.480 e. The molecule has 2 unspecified atom stereocenters. The van der Waals surface area contributed by atoms with Crippen molar-refractivity contribution >= 4 is 35.5 Å². The zero-order valence-corrected chi connectivity index (χ0v) is 13.5. The smallest absolute Gasteiger partial charge is 0.354 e. The highest BCUT2D eigenvalue weighted by molar-refractivity contribution is 8.00. The molecule has 8 nitrogen and oxygen atoms in total. The maximum absolute atomic E-state index is 12.6. The Morgan fingerprint density at radius 1 is 1.24 bits per heavy atom. The predicted octanol–water partition coefficient (Wildman–Crippen LogP) is 0.209. The van der Waals surface area contributed by atoms with E-state index in [1.54, 1.807) is 12.1 Å². The molecule has 0 aromatic heterocycles. The maximum atomic E-state index is 12.6. The SMILES string of the molecule is O=C1OCC2=C1NC(C(C(=O)O)N1C(=O)c3ccccc3C1=O)SC2.